The van der Waals surface area contributed by atoms with E-state index in [-0.39, 0.29) is 24.0 Å². The van der Waals surface area contributed by atoms with Crippen LogP contribution >= 0.6 is 0 Å². The van der Waals surface area contributed by atoms with Crippen molar-refractivity contribution in [3.63, 3.8) is 0 Å². The highest BCUT2D eigenvalue weighted by Crippen LogP contribution is 2.29. The summed E-state index contributed by atoms with van der Waals surface area (Å²) in [5.41, 5.74) is 9.21. The van der Waals surface area contributed by atoms with Crippen LogP contribution in [0.5, 0.6) is 11.5 Å². The summed E-state index contributed by atoms with van der Waals surface area (Å²) >= 11 is 0. The van der Waals surface area contributed by atoms with Crippen LogP contribution in [0.2, 0.25) is 0 Å². The van der Waals surface area contributed by atoms with Crippen LogP contribution in [0.25, 0.3) is 22.3 Å². The molecular weight excluding hydrogens is 733 g/mol. The first-order valence-corrected chi connectivity index (χ1v) is 20.7. The van der Waals surface area contributed by atoms with Gasteiger partial charge in [0.1, 0.15) is 23.7 Å². The van der Waals surface area contributed by atoms with E-state index in [0.717, 1.165) is 115 Å². The van der Waals surface area contributed by atoms with Crippen LogP contribution < -0.4 is 20.1 Å². The third-order valence-corrected chi connectivity index (χ3v) is 11.3. The number of hydrogen-bond acceptors (Lipinski definition) is 6. The lowest BCUT2D eigenvalue weighted by Crippen LogP contribution is -2.37. The number of carbonyl (C=O) groups is 2. The molecule has 0 radical (unpaired) electrons. The van der Waals surface area contributed by atoms with Crippen LogP contribution in [0.4, 0.5) is 11.4 Å². The maximum Gasteiger partial charge on any atom is 0.255 e. The minimum absolute atomic E-state index is 0.124. The number of ether oxygens (including phenoxy) is 2. The average Bonchev–Trinajstić information content (AvgIpc) is 3.26. The number of carbonyl (C=O) groups excluding carboxylic acids is 2. The van der Waals surface area contributed by atoms with Crippen molar-refractivity contribution in [3.05, 3.63) is 168 Å². The molecule has 0 aliphatic carbocycles. The van der Waals surface area contributed by atoms with Gasteiger partial charge < -0.3 is 25.0 Å². The average molecular weight is 785 g/mol. The zero-order chi connectivity index (χ0) is 40.6. The number of aryl methyl sites for hydroxylation is 1. The predicted octanol–water partition coefficient (Wildman–Crippen LogP) is 10.4. The second-order valence-electron chi connectivity index (χ2n) is 15.9. The second kappa shape index (κ2) is 18.6. The van der Waals surface area contributed by atoms with Gasteiger partial charge in [0.2, 0.25) is 0 Å². The lowest BCUT2D eigenvalue weighted by Gasteiger charge is -2.32. The molecule has 2 heterocycles. The quantitative estimate of drug-likeness (QED) is 0.129. The number of likely N-dealkylation sites (tertiary alicyclic amines) is 2. The maximum absolute atomic E-state index is 13.4. The van der Waals surface area contributed by atoms with Crippen molar-refractivity contribution in [1.29, 1.82) is 0 Å². The predicted molar refractivity (Wildman–Crippen MR) is 237 cm³/mol. The van der Waals surface area contributed by atoms with Gasteiger partial charge in [-0.05, 0) is 140 Å². The van der Waals surface area contributed by atoms with Crippen LogP contribution in [0, 0.1) is 6.92 Å². The lowest BCUT2D eigenvalue weighted by molar-refractivity contribution is 0.0967. The number of nitrogens with one attached hydrogen (secondary N) is 2. The molecule has 0 spiro atoms. The van der Waals surface area contributed by atoms with Gasteiger partial charge in [0.05, 0.1) is 0 Å². The molecule has 2 fully saturated rings. The first-order chi connectivity index (χ1) is 28.8. The highest BCUT2D eigenvalue weighted by atomic mass is 16.5. The lowest BCUT2D eigenvalue weighted by atomic mass is 10.0. The van der Waals surface area contributed by atoms with E-state index in [0.29, 0.717) is 11.1 Å². The molecule has 0 aromatic heterocycles. The first kappa shape index (κ1) is 39.6. The smallest absolute Gasteiger partial charge is 0.255 e. The summed E-state index contributed by atoms with van der Waals surface area (Å²) < 4.78 is 12.7. The highest BCUT2D eigenvalue weighted by Gasteiger charge is 2.22. The third-order valence-electron chi connectivity index (χ3n) is 11.3. The molecule has 2 saturated heterocycles. The SMILES string of the molecule is Cc1ccc(C(=O)Nc2cccc(-c3ccc(OC4CCN(Cc5cccc(C(=O)Nc6cccc(-c7ccc(OC8CCN(C)CC8)cc7)c6)c5)CC4)cc3)c2)cc1. The summed E-state index contributed by atoms with van der Waals surface area (Å²) in [7, 11) is 2.16. The van der Waals surface area contributed by atoms with Gasteiger partial charge in [0.25, 0.3) is 11.8 Å². The van der Waals surface area contributed by atoms with Crippen molar-refractivity contribution in [3.8, 4) is 33.8 Å². The molecule has 300 valence electrons. The minimum atomic E-state index is -0.127. The summed E-state index contributed by atoms with van der Waals surface area (Å²) in [6, 6.07) is 47.8. The van der Waals surface area contributed by atoms with Gasteiger partial charge in [0, 0.05) is 55.2 Å². The third kappa shape index (κ3) is 10.6. The number of piperidine rings is 2. The van der Waals surface area contributed by atoms with Gasteiger partial charge in [-0.3, -0.25) is 14.5 Å². The van der Waals surface area contributed by atoms with E-state index in [2.05, 4.69) is 63.9 Å². The molecule has 8 nitrogen and oxygen atoms in total. The highest BCUT2D eigenvalue weighted by molar-refractivity contribution is 6.05. The Kier molecular flexibility index (Phi) is 12.5. The fourth-order valence-electron chi connectivity index (χ4n) is 7.86. The van der Waals surface area contributed by atoms with E-state index in [4.69, 9.17) is 9.47 Å². The first-order valence-electron chi connectivity index (χ1n) is 20.7. The van der Waals surface area contributed by atoms with E-state index in [1.165, 1.54) is 0 Å². The van der Waals surface area contributed by atoms with Gasteiger partial charge in [-0.2, -0.15) is 0 Å². The summed E-state index contributed by atoms with van der Waals surface area (Å²) in [5.74, 6) is 1.50. The Bertz CT molecular complexity index is 2340. The van der Waals surface area contributed by atoms with Crippen molar-refractivity contribution in [2.24, 2.45) is 0 Å². The minimum Gasteiger partial charge on any atom is -0.490 e. The Labute approximate surface area is 347 Å². The van der Waals surface area contributed by atoms with Crippen molar-refractivity contribution in [2.45, 2.75) is 51.4 Å². The summed E-state index contributed by atoms with van der Waals surface area (Å²) in [5, 5.41) is 6.13. The molecule has 0 unspecified atom stereocenters. The molecule has 8 heteroatoms. The zero-order valence-electron chi connectivity index (χ0n) is 33.9. The van der Waals surface area contributed by atoms with Gasteiger partial charge >= 0.3 is 0 Å². The fraction of sp³-hybridized carbons (Fsp3) is 0.255. The van der Waals surface area contributed by atoms with E-state index >= 15 is 0 Å². The largest absolute Gasteiger partial charge is 0.490 e. The van der Waals surface area contributed by atoms with Crippen molar-refractivity contribution >= 4 is 23.2 Å². The molecule has 2 N–H and O–H groups in total. The number of benzene rings is 6. The molecule has 0 saturated carbocycles. The topological polar surface area (TPSA) is 83.1 Å². The molecule has 59 heavy (non-hydrogen) atoms. The summed E-state index contributed by atoms with van der Waals surface area (Å²) in [6.07, 6.45) is 4.36. The van der Waals surface area contributed by atoms with Gasteiger partial charge in [0.15, 0.2) is 0 Å². The van der Waals surface area contributed by atoms with Crippen LogP contribution in [-0.4, -0.2) is 67.0 Å². The van der Waals surface area contributed by atoms with Crippen LogP contribution in [-0.2, 0) is 6.54 Å². The number of anilines is 2. The standard InChI is InChI=1S/C51H52N4O4/c1-36-12-14-40(15-13-36)50(56)52-44-10-4-7-41(33-44)38-18-22-47(23-19-38)59-49-26-30-55(31-27-49)35-37-6-3-9-43(32-37)51(57)53-45-11-5-8-42(34-45)39-16-20-46(21-17-39)58-48-24-28-54(2)29-25-48/h3-23,32-34,48-49H,24-31,35H2,1-2H3,(H,52,56)(H,53,57). The Hall–Kier alpha value is -6.22. The van der Waals surface area contributed by atoms with Gasteiger partial charge in [-0.25, -0.2) is 0 Å². The summed E-state index contributed by atoms with van der Waals surface area (Å²) in [4.78, 5) is 30.9. The van der Waals surface area contributed by atoms with Gasteiger partial charge in [-0.15, -0.1) is 0 Å². The molecule has 2 aliphatic rings. The Morgan fingerprint density at radius 3 is 1.58 bits per heavy atom. The Morgan fingerprint density at radius 2 is 1.03 bits per heavy atom. The number of amides is 2. The Balaban J connectivity index is 0.797. The molecule has 8 rings (SSSR count). The molecule has 6 aromatic rings. The maximum atomic E-state index is 13.4. The second-order valence-corrected chi connectivity index (χ2v) is 15.9. The van der Waals surface area contributed by atoms with Crippen LogP contribution in [0.15, 0.2) is 146 Å². The van der Waals surface area contributed by atoms with Crippen molar-refractivity contribution in [2.75, 3.05) is 43.9 Å². The van der Waals surface area contributed by atoms with E-state index in [1.807, 2.05) is 116 Å². The van der Waals surface area contributed by atoms with E-state index < -0.39 is 0 Å². The number of rotatable bonds is 12. The fourth-order valence-corrected chi connectivity index (χ4v) is 7.86. The molecule has 0 atom stereocenters. The monoisotopic (exact) mass is 784 g/mol. The Morgan fingerprint density at radius 1 is 0.542 bits per heavy atom. The number of hydrogen-bond donors (Lipinski definition) is 2. The molecule has 0 bridgehead atoms. The molecule has 6 aromatic carbocycles. The van der Waals surface area contributed by atoms with Crippen LogP contribution in [0.3, 0.4) is 0 Å². The molecule has 2 aliphatic heterocycles. The van der Waals surface area contributed by atoms with Crippen LogP contribution in [0.1, 0.15) is 57.5 Å². The van der Waals surface area contributed by atoms with E-state index in [1.54, 1.807) is 0 Å². The molecule has 2 amide bonds. The van der Waals surface area contributed by atoms with Crippen molar-refractivity contribution < 1.29 is 19.1 Å². The van der Waals surface area contributed by atoms with Crippen molar-refractivity contribution in [1.82, 2.24) is 9.80 Å². The van der Waals surface area contributed by atoms with E-state index in [9.17, 15) is 9.59 Å². The number of nitrogens with zero attached hydrogens (tertiary/aromatic N) is 2. The zero-order valence-corrected chi connectivity index (χ0v) is 33.9. The normalized spacial score (nSPS) is 15.4. The van der Waals surface area contributed by atoms with Gasteiger partial charge in [-0.1, -0.05) is 78.4 Å². The molecular formula is C51H52N4O4. The summed E-state index contributed by atoms with van der Waals surface area (Å²) in [6.45, 7) is 6.75.